The van der Waals surface area contributed by atoms with Crippen molar-refractivity contribution in [2.45, 2.75) is 79.1 Å². The van der Waals surface area contributed by atoms with Gasteiger partial charge in [0.1, 0.15) is 0 Å². The Bertz CT molecular complexity index is 632. The Labute approximate surface area is 186 Å². The summed E-state index contributed by atoms with van der Waals surface area (Å²) in [7, 11) is 0. The Morgan fingerprint density at radius 3 is 1.13 bits per heavy atom. The van der Waals surface area contributed by atoms with Crippen LogP contribution < -0.4 is 9.80 Å². The monoisotopic (exact) mass is 408 g/mol. The number of hydrogen-bond donors (Lipinski definition) is 0. The molecular formula is C28H44N2. The largest absolute Gasteiger partial charge is 0.372 e. The van der Waals surface area contributed by atoms with Gasteiger partial charge < -0.3 is 9.80 Å². The van der Waals surface area contributed by atoms with Gasteiger partial charge in [-0.25, -0.2) is 0 Å². The van der Waals surface area contributed by atoms with E-state index in [0.717, 1.165) is 26.2 Å². The lowest BCUT2D eigenvalue weighted by Gasteiger charge is -2.26. The highest BCUT2D eigenvalue weighted by molar-refractivity contribution is 5.72. The number of nitrogens with zero attached hydrogens (tertiary/aromatic N) is 2. The molecule has 2 aromatic rings. The molecule has 0 spiro atoms. The van der Waals surface area contributed by atoms with Crippen molar-refractivity contribution in [3.05, 3.63) is 48.5 Å². The van der Waals surface area contributed by atoms with Crippen molar-refractivity contribution in [3.63, 3.8) is 0 Å². The maximum Gasteiger partial charge on any atom is 0.0372 e. The molecule has 0 saturated heterocycles. The van der Waals surface area contributed by atoms with Gasteiger partial charge in [-0.3, -0.25) is 0 Å². The summed E-state index contributed by atoms with van der Waals surface area (Å²) in [5.74, 6) is 0. The minimum Gasteiger partial charge on any atom is -0.372 e. The minimum absolute atomic E-state index is 1.15. The van der Waals surface area contributed by atoms with E-state index in [1.165, 1.54) is 73.9 Å². The number of unbranched alkanes of at least 4 members (excludes halogenated alkanes) is 4. The molecule has 166 valence electrons. The zero-order valence-corrected chi connectivity index (χ0v) is 20.0. The summed E-state index contributed by atoms with van der Waals surface area (Å²) in [5, 5.41) is 0. The number of anilines is 2. The fourth-order valence-electron chi connectivity index (χ4n) is 3.90. The lowest BCUT2D eigenvalue weighted by Crippen LogP contribution is -2.25. The van der Waals surface area contributed by atoms with E-state index < -0.39 is 0 Å². The first kappa shape index (κ1) is 24.3. The lowest BCUT2D eigenvalue weighted by molar-refractivity contribution is 0.678. The third kappa shape index (κ3) is 7.70. The van der Waals surface area contributed by atoms with Gasteiger partial charge in [-0.1, -0.05) is 77.6 Å². The molecule has 2 heteroatoms. The first-order valence-corrected chi connectivity index (χ1v) is 12.4. The van der Waals surface area contributed by atoms with E-state index in [9.17, 15) is 0 Å². The van der Waals surface area contributed by atoms with E-state index in [4.69, 9.17) is 0 Å². The van der Waals surface area contributed by atoms with Crippen molar-refractivity contribution < 1.29 is 0 Å². The second kappa shape index (κ2) is 14.1. The molecule has 0 radical (unpaired) electrons. The van der Waals surface area contributed by atoms with Crippen LogP contribution in [-0.2, 0) is 0 Å². The zero-order chi connectivity index (χ0) is 21.6. The second-order valence-corrected chi connectivity index (χ2v) is 8.49. The van der Waals surface area contributed by atoms with Crippen LogP contribution in [0.5, 0.6) is 0 Å². The third-order valence-electron chi connectivity index (χ3n) is 5.88. The second-order valence-electron chi connectivity index (χ2n) is 8.49. The Morgan fingerprint density at radius 1 is 0.500 bits per heavy atom. The van der Waals surface area contributed by atoms with Crippen molar-refractivity contribution in [1.82, 2.24) is 0 Å². The van der Waals surface area contributed by atoms with Gasteiger partial charge in [0.15, 0.2) is 0 Å². The molecule has 30 heavy (non-hydrogen) atoms. The topological polar surface area (TPSA) is 6.48 Å². The molecule has 0 bridgehead atoms. The standard InChI is InChI=1S/C28H44N2/c1-5-9-19-29(20-10-6-2)27-17-13-15-25(23-27)26-16-14-18-28(24-26)30(21-11-7-3)22-12-8-4/h13-18,23-24H,5-12,19-22H2,1-4H3. The highest BCUT2D eigenvalue weighted by Gasteiger charge is 2.10. The summed E-state index contributed by atoms with van der Waals surface area (Å²) in [6.07, 6.45) is 10.0. The molecule has 0 amide bonds. The van der Waals surface area contributed by atoms with Crippen LogP contribution in [0.25, 0.3) is 11.1 Å². The number of hydrogen-bond acceptors (Lipinski definition) is 2. The van der Waals surface area contributed by atoms with Crippen LogP contribution in [0.2, 0.25) is 0 Å². The number of benzene rings is 2. The Morgan fingerprint density at radius 2 is 0.833 bits per heavy atom. The highest BCUT2D eigenvalue weighted by atomic mass is 15.1. The first-order chi connectivity index (χ1) is 14.7. The van der Waals surface area contributed by atoms with Crippen molar-refractivity contribution in [2.24, 2.45) is 0 Å². The first-order valence-electron chi connectivity index (χ1n) is 12.4. The van der Waals surface area contributed by atoms with Gasteiger partial charge in [-0.05, 0) is 61.1 Å². The molecule has 0 atom stereocenters. The molecule has 0 aromatic heterocycles. The fourth-order valence-corrected chi connectivity index (χ4v) is 3.90. The summed E-state index contributed by atoms with van der Waals surface area (Å²) in [6.45, 7) is 13.7. The van der Waals surface area contributed by atoms with Gasteiger partial charge in [0.25, 0.3) is 0 Å². The summed E-state index contributed by atoms with van der Waals surface area (Å²) in [4.78, 5) is 5.16. The van der Waals surface area contributed by atoms with E-state index in [1.54, 1.807) is 0 Å². The molecule has 2 rings (SSSR count). The van der Waals surface area contributed by atoms with Crippen LogP contribution in [-0.4, -0.2) is 26.2 Å². The van der Waals surface area contributed by atoms with Crippen molar-refractivity contribution >= 4 is 11.4 Å². The average molecular weight is 409 g/mol. The van der Waals surface area contributed by atoms with Crippen molar-refractivity contribution in [1.29, 1.82) is 0 Å². The molecule has 0 fully saturated rings. The molecule has 2 aromatic carbocycles. The smallest absolute Gasteiger partial charge is 0.0372 e. The molecule has 0 aliphatic rings. The summed E-state index contributed by atoms with van der Waals surface area (Å²) >= 11 is 0. The van der Waals surface area contributed by atoms with Crippen LogP contribution in [0.1, 0.15) is 79.1 Å². The van der Waals surface area contributed by atoms with Crippen molar-refractivity contribution in [2.75, 3.05) is 36.0 Å². The van der Waals surface area contributed by atoms with E-state index in [2.05, 4.69) is 86.0 Å². The van der Waals surface area contributed by atoms with E-state index >= 15 is 0 Å². The van der Waals surface area contributed by atoms with Crippen LogP contribution in [0, 0.1) is 0 Å². The molecule has 0 aliphatic carbocycles. The maximum atomic E-state index is 2.58. The molecular weight excluding hydrogens is 364 g/mol. The molecule has 0 saturated carbocycles. The van der Waals surface area contributed by atoms with E-state index in [0.29, 0.717) is 0 Å². The van der Waals surface area contributed by atoms with Crippen LogP contribution in [0.4, 0.5) is 11.4 Å². The van der Waals surface area contributed by atoms with Crippen molar-refractivity contribution in [3.8, 4) is 11.1 Å². The summed E-state index contributed by atoms with van der Waals surface area (Å²) in [5.41, 5.74) is 5.40. The van der Waals surface area contributed by atoms with Gasteiger partial charge in [0, 0.05) is 37.6 Å². The summed E-state index contributed by atoms with van der Waals surface area (Å²) in [6, 6.07) is 18.4. The van der Waals surface area contributed by atoms with Crippen LogP contribution >= 0.6 is 0 Å². The number of rotatable bonds is 15. The molecule has 0 aliphatic heterocycles. The maximum absolute atomic E-state index is 2.58. The van der Waals surface area contributed by atoms with Gasteiger partial charge in [-0.2, -0.15) is 0 Å². The Balaban J connectivity index is 2.26. The molecule has 0 N–H and O–H groups in total. The van der Waals surface area contributed by atoms with Gasteiger partial charge in [-0.15, -0.1) is 0 Å². The Kier molecular flexibility index (Phi) is 11.4. The predicted octanol–water partition coefficient (Wildman–Crippen LogP) is 8.17. The van der Waals surface area contributed by atoms with Gasteiger partial charge in [0.2, 0.25) is 0 Å². The molecule has 2 nitrogen and oxygen atoms in total. The lowest BCUT2D eigenvalue weighted by atomic mass is 10.0. The minimum atomic E-state index is 1.15. The zero-order valence-electron chi connectivity index (χ0n) is 20.0. The quantitative estimate of drug-likeness (QED) is 0.293. The van der Waals surface area contributed by atoms with Crippen LogP contribution in [0.15, 0.2) is 48.5 Å². The normalized spacial score (nSPS) is 10.9. The third-order valence-corrected chi connectivity index (χ3v) is 5.88. The van der Waals surface area contributed by atoms with Gasteiger partial charge >= 0.3 is 0 Å². The van der Waals surface area contributed by atoms with Crippen LogP contribution in [0.3, 0.4) is 0 Å². The average Bonchev–Trinajstić information content (AvgIpc) is 2.79. The summed E-state index contributed by atoms with van der Waals surface area (Å²) < 4.78 is 0. The Hall–Kier alpha value is -1.96. The van der Waals surface area contributed by atoms with E-state index in [-0.39, 0.29) is 0 Å². The SMILES string of the molecule is CCCCN(CCCC)c1cccc(-c2cccc(N(CCCC)CCCC)c2)c1. The predicted molar refractivity (Wildman–Crippen MR) is 136 cm³/mol. The van der Waals surface area contributed by atoms with Gasteiger partial charge in [0.05, 0.1) is 0 Å². The fraction of sp³-hybridized carbons (Fsp3) is 0.571. The molecule has 0 unspecified atom stereocenters. The highest BCUT2D eigenvalue weighted by Crippen LogP contribution is 2.29. The molecule has 0 heterocycles. The van der Waals surface area contributed by atoms with E-state index in [1.807, 2.05) is 0 Å².